The predicted octanol–water partition coefficient (Wildman–Crippen LogP) is 3.99. The Morgan fingerprint density at radius 2 is 1.97 bits per heavy atom. The molecule has 30 heavy (non-hydrogen) atoms. The molecule has 0 unspecified atom stereocenters. The molecule has 0 bridgehead atoms. The van der Waals surface area contributed by atoms with Gasteiger partial charge in [-0.3, -0.25) is 4.99 Å². The molecule has 1 aliphatic rings. The molecule has 0 spiro atoms. The molecule has 2 aromatic rings. The average molecular weight is 538 g/mol. The van der Waals surface area contributed by atoms with Gasteiger partial charge in [0.25, 0.3) is 0 Å². The van der Waals surface area contributed by atoms with Gasteiger partial charge in [-0.05, 0) is 18.2 Å². The largest absolute Gasteiger partial charge is 0.490 e. The molecule has 2 N–H and O–H groups in total. The number of benzene rings is 1. The van der Waals surface area contributed by atoms with Gasteiger partial charge in [-0.1, -0.05) is 6.07 Å². The van der Waals surface area contributed by atoms with Gasteiger partial charge in [-0.15, -0.1) is 24.0 Å². The van der Waals surface area contributed by atoms with Crippen LogP contribution in [0.4, 0.5) is 18.9 Å². The van der Waals surface area contributed by atoms with Crippen molar-refractivity contribution >= 4 is 35.6 Å². The highest BCUT2D eigenvalue weighted by molar-refractivity contribution is 14.0. The zero-order chi connectivity index (χ0) is 20.7. The molecule has 7 nitrogen and oxygen atoms in total. The number of fused-ring (bicyclic) bond motifs is 1. The fourth-order valence-corrected chi connectivity index (χ4v) is 2.57. The molecule has 3 rings (SSSR count). The minimum Gasteiger partial charge on any atom is -0.490 e. The summed E-state index contributed by atoms with van der Waals surface area (Å²) in [5, 5.41) is 6.14. The van der Waals surface area contributed by atoms with Crippen LogP contribution < -0.4 is 24.8 Å². The van der Waals surface area contributed by atoms with Crippen LogP contribution in [0.5, 0.6) is 17.4 Å². The van der Waals surface area contributed by atoms with Crippen molar-refractivity contribution in [2.75, 3.05) is 32.2 Å². The van der Waals surface area contributed by atoms with E-state index >= 15 is 0 Å². The van der Waals surface area contributed by atoms with E-state index in [9.17, 15) is 13.2 Å². The van der Waals surface area contributed by atoms with Crippen molar-refractivity contribution in [2.45, 2.75) is 19.1 Å². The molecule has 0 atom stereocenters. The van der Waals surface area contributed by atoms with Gasteiger partial charge >= 0.3 is 6.18 Å². The summed E-state index contributed by atoms with van der Waals surface area (Å²) >= 11 is 0. The van der Waals surface area contributed by atoms with Crippen LogP contribution in [0.25, 0.3) is 0 Å². The smallest absolute Gasteiger partial charge is 0.422 e. The van der Waals surface area contributed by atoms with Gasteiger partial charge < -0.3 is 24.8 Å². The number of ether oxygens (including phenoxy) is 3. The van der Waals surface area contributed by atoms with Crippen LogP contribution in [0.2, 0.25) is 0 Å². The van der Waals surface area contributed by atoms with Crippen molar-refractivity contribution in [3.05, 3.63) is 42.1 Å². The summed E-state index contributed by atoms with van der Waals surface area (Å²) in [6, 6.07) is 8.68. The molecule has 1 aromatic heterocycles. The number of aliphatic imine (C=N–C) groups is 1. The Kier molecular flexibility index (Phi) is 8.81. The van der Waals surface area contributed by atoms with Crippen molar-refractivity contribution < 1.29 is 27.4 Å². The molecule has 0 aliphatic carbocycles. The van der Waals surface area contributed by atoms with E-state index in [4.69, 9.17) is 14.2 Å². The van der Waals surface area contributed by atoms with Gasteiger partial charge in [-0.25, -0.2) is 4.98 Å². The van der Waals surface area contributed by atoms with Gasteiger partial charge in [0.1, 0.15) is 0 Å². The number of hydrogen-bond donors (Lipinski definition) is 2. The second-order valence-electron chi connectivity index (χ2n) is 6.13. The van der Waals surface area contributed by atoms with Crippen LogP contribution in [0, 0.1) is 0 Å². The third kappa shape index (κ3) is 7.11. The Morgan fingerprint density at radius 1 is 1.20 bits per heavy atom. The highest BCUT2D eigenvalue weighted by Crippen LogP contribution is 2.32. The van der Waals surface area contributed by atoms with E-state index in [0.717, 1.165) is 12.1 Å². The average Bonchev–Trinajstić information content (AvgIpc) is 2.94. The molecule has 0 radical (unpaired) electrons. The monoisotopic (exact) mass is 538 g/mol. The third-order valence-electron chi connectivity index (χ3n) is 3.90. The van der Waals surface area contributed by atoms with Crippen molar-refractivity contribution in [1.29, 1.82) is 0 Å². The van der Waals surface area contributed by atoms with E-state index in [1.54, 1.807) is 31.3 Å². The topological polar surface area (TPSA) is 77.0 Å². The number of nitrogens with one attached hydrogen (secondary N) is 2. The summed E-state index contributed by atoms with van der Waals surface area (Å²) in [6.45, 7) is -0.0512. The van der Waals surface area contributed by atoms with E-state index in [-0.39, 0.29) is 36.4 Å². The van der Waals surface area contributed by atoms with Gasteiger partial charge in [0.15, 0.2) is 24.1 Å². The van der Waals surface area contributed by atoms with Crippen LogP contribution in [0.3, 0.4) is 0 Å². The highest BCUT2D eigenvalue weighted by Gasteiger charge is 2.29. The summed E-state index contributed by atoms with van der Waals surface area (Å²) in [6.07, 6.45) is -2.25. The van der Waals surface area contributed by atoms with Crippen molar-refractivity contribution in [3.63, 3.8) is 0 Å². The number of halogens is 4. The maximum absolute atomic E-state index is 12.4. The van der Waals surface area contributed by atoms with Crippen LogP contribution >= 0.6 is 24.0 Å². The number of pyridine rings is 1. The number of alkyl halides is 3. The quantitative estimate of drug-likeness (QED) is 0.341. The Morgan fingerprint density at radius 3 is 2.70 bits per heavy atom. The number of hydrogen-bond acceptors (Lipinski definition) is 5. The minimum absolute atomic E-state index is 0. The van der Waals surface area contributed by atoms with Gasteiger partial charge in [0, 0.05) is 43.5 Å². The first kappa shape index (κ1) is 23.8. The maximum atomic E-state index is 12.4. The molecular weight excluding hydrogens is 516 g/mol. The van der Waals surface area contributed by atoms with E-state index < -0.39 is 12.8 Å². The zero-order valence-electron chi connectivity index (χ0n) is 16.2. The lowest BCUT2D eigenvalue weighted by Crippen LogP contribution is -2.30. The first-order chi connectivity index (χ1) is 13.9. The standard InChI is InChI=1S/C19H21F3N4O3.HI/c1-23-18(26-14-5-6-15-16(10-14)28-9-3-8-27-15)25-11-13-4-2-7-24-17(13)29-12-19(20,21)22;/h2,4-7,10H,3,8-9,11-12H2,1H3,(H2,23,25,26);1H. The molecule has 0 fully saturated rings. The van der Waals surface area contributed by atoms with Crippen LogP contribution in [0.1, 0.15) is 12.0 Å². The number of rotatable bonds is 5. The van der Waals surface area contributed by atoms with Gasteiger partial charge in [-0.2, -0.15) is 13.2 Å². The molecule has 11 heteroatoms. The molecule has 1 aromatic carbocycles. The third-order valence-corrected chi connectivity index (χ3v) is 3.90. The number of aromatic nitrogens is 1. The molecule has 2 heterocycles. The first-order valence-electron chi connectivity index (χ1n) is 8.95. The van der Waals surface area contributed by atoms with Crippen LogP contribution in [-0.2, 0) is 6.54 Å². The second kappa shape index (κ2) is 11.1. The summed E-state index contributed by atoms with van der Waals surface area (Å²) < 4.78 is 53.3. The molecule has 0 amide bonds. The van der Waals surface area contributed by atoms with Gasteiger partial charge in [0.2, 0.25) is 5.88 Å². The molecule has 164 valence electrons. The minimum atomic E-state index is -4.43. The summed E-state index contributed by atoms with van der Waals surface area (Å²) in [5.41, 5.74) is 1.19. The summed E-state index contributed by atoms with van der Waals surface area (Å²) in [7, 11) is 1.59. The highest BCUT2D eigenvalue weighted by atomic mass is 127. The molecule has 0 saturated carbocycles. The Labute approximate surface area is 189 Å². The molecule has 1 aliphatic heterocycles. The lowest BCUT2D eigenvalue weighted by Gasteiger charge is -2.15. The van der Waals surface area contributed by atoms with Crippen molar-refractivity contribution in [1.82, 2.24) is 10.3 Å². The molecule has 0 saturated heterocycles. The number of nitrogens with zero attached hydrogens (tertiary/aromatic N) is 2. The number of guanidine groups is 1. The predicted molar refractivity (Wildman–Crippen MR) is 117 cm³/mol. The SMILES string of the molecule is CN=C(NCc1cccnc1OCC(F)(F)F)Nc1ccc2c(c1)OCCCO2.I. The fraction of sp³-hybridized carbons (Fsp3) is 0.368. The van der Waals surface area contributed by atoms with E-state index in [1.807, 2.05) is 6.07 Å². The maximum Gasteiger partial charge on any atom is 0.422 e. The summed E-state index contributed by atoms with van der Waals surface area (Å²) in [5.74, 6) is 1.66. The van der Waals surface area contributed by atoms with Crippen molar-refractivity contribution in [3.8, 4) is 17.4 Å². The lowest BCUT2D eigenvalue weighted by atomic mass is 10.2. The number of anilines is 1. The van der Waals surface area contributed by atoms with Crippen LogP contribution in [0.15, 0.2) is 41.5 Å². The first-order valence-corrected chi connectivity index (χ1v) is 8.95. The van der Waals surface area contributed by atoms with E-state index in [2.05, 4.69) is 20.6 Å². The Balaban J connectivity index is 0.00000320. The van der Waals surface area contributed by atoms with E-state index in [0.29, 0.717) is 36.2 Å². The normalized spacial score (nSPS) is 13.7. The lowest BCUT2D eigenvalue weighted by molar-refractivity contribution is -0.154. The zero-order valence-corrected chi connectivity index (χ0v) is 18.5. The van der Waals surface area contributed by atoms with Crippen LogP contribution in [-0.4, -0.2) is 44.0 Å². The molecular formula is C19H22F3IN4O3. The second-order valence-corrected chi connectivity index (χ2v) is 6.13. The summed E-state index contributed by atoms with van der Waals surface area (Å²) in [4.78, 5) is 8.00. The van der Waals surface area contributed by atoms with Gasteiger partial charge in [0.05, 0.1) is 13.2 Å². The Hall–Kier alpha value is -2.44. The fourth-order valence-electron chi connectivity index (χ4n) is 2.57. The van der Waals surface area contributed by atoms with E-state index in [1.165, 1.54) is 6.20 Å². The Bertz CT molecular complexity index is 865. The van der Waals surface area contributed by atoms with Crippen molar-refractivity contribution in [2.24, 2.45) is 4.99 Å².